The van der Waals surface area contributed by atoms with Gasteiger partial charge in [-0.1, -0.05) is 25.9 Å². The summed E-state index contributed by atoms with van der Waals surface area (Å²) in [5, 5.41) is 3.80. The van der Waals surface area contributed by atoms with E-state index in [0.29, 0.717) is 12.2 Å². The van der Waals surface area contributed by atoms with E-state index in [1.54, 1.807) is 13.2 Å². The number of hydrogen-bond donors (Lipinski definition) is 0. The lowest BCUT2D eigenvalue weighted by Gasteiger charge is -2.23. The highest BCUT2D eigenvalue weighted by molar-refractivity contribution is 6.49. The molecule has 0 radical (unpaired) electrons. The Labute approximate surface area is 117 Å². The summed E-state index contributed by atoms with van der Waals surface area (Å²) in [6.07, 6.45) is 1.62. The van der Waals surface area contributed by atoms with Crippen molar-refractivity contribution >= 4 is 20.7 Å². The smallest absolute Gasteiger partial charge is 0.360 e. The van der Waals surface area contributed by atoms with Gasteiger partial charge in [0.25, 0.3) is 0 Å². The van der Waals surface area contributed by atoms with Crippen molar-refractivity contribution < 1.29 is 18.8 Å². The van der Waals surface area contributed by atoms with E-state index in [4.69, 9.17) is 14.0 Å². The molecule has 0 aromatic heterocycles. The molecule has 0 atom stereocenters. The maximum absolute atomic E-state index is 11.9. The quantitative estimate of drug-likeness (QED) is 0.248. The minimum Gasteiger partial charge on any atom is -0.552 e. The fourth-order valence-electron chi connectivity index (χ4n) is 1.28. The van der Waals surface area contributed by atoms with Gasteiger partial charge in [0.05, 0.1) is 12.9 Å². The Bertz CT molecular complexity index is 356. The number of esters is 1. The molecular weight excluding hydrogens is 262 g/mol. The van der Waals surface area contributed by atoms with Crippen LogP contribution in [-0.2, 0) is 18.8 Å². The topological polar surface area (TPSA) is 57.1 Å². The van der Waals surface area contributed by atoms with Crippen molar-refractivity contribution in [1.29, 1.82) is 0 Å². The molecule has 0 aliphatic carbocycles. The molecule has 110 valence electrons. The molecule has 0 aliphatic heterocycles. The third-order valence-electron chi connectivity index (χ3n) is 2.17. The maximum Gasteiger partial charge on any atom is 0.360 e. The van der Waals surface area contributed by atoms with Crippen LogP contribution in [0.15, 0.2) is 17.0 Å². The van der Waals surface area contributed by atoms with Crippen LogP contribution >= 0.6 is 0 Å². The fourth-order valence-corrected chi connectivity index (χ4v) is 1.69. The summed E-state index contributed by atoms with van der Waals surface area (Å²) in [5.41, 5.74) is 0.536. The number of hydrogen-bond acceptors (Lipinski definition) is 5. The first-order valence-electron chi connectivity index (χ1n) is 6.38. The van der Waals surface area contributed by atoms with Crippen LogP contribution in [0.25, 0.3) is 0 Å². The normalized spacial score (nSPS) is 13.5. The van der Waals surface area contributed by atoms with Crippen molar-refractivity contribution in [3.05, 3.63) is 11.8 Å². The first kappa shape index (κ1) is 17.7. The van der Waals surface area contributed by atoms with E-state index >= 15 is 0 Å². The van der Waals surface area contributed by atoms with Crippen LogP contribution in [0.3, 0.4) is 0 Å². The van der Waals surface area contributed by atoms with Crippen LogP contribution in [0.4, 0.5) is 0 Å². The number of nitrogens with zero attached hydrogens (tertiary/aromatic N) is 1. The fraction of sp³-hybridized carbons (Fsp3) is 0.692. The summed E-state index contributed by atoms with van der Waals surface area (Å²) in [7, 11) is 0.169. The highest BCUT2D eigenvalue weighted by Crippen LogP contribution is 2.27. The molecule has 0 spiro atoms. The molecule has 0 unspecified atom stereocenters. The van der Waals surface area contributed by atoms with Crippen LogP contribution in [0.5, 0.6) is 0 Å². The van der Waals surface area contributed by atoms with E-state index < -0.39 is 15.0 Å². The lowest BCUT2D eigenvalue weighted by atomic mass is 9.84. The van der Waals surface area contributed by atoms with Crippen molar-refractivity contribution in [2.75, 3.05) is 13.7 Å². The summed E-state index contributed by atoms with van der Waals surface area (Å²) in [6, 6.07) is 0. The molecule has 5 nitrogen and oxygen atoms in total. The van der Waals surface area contributed by atoms with Gasteiger partial charge in [-0.05, 0) is 25.4 Å². The molecule has 0 fully saturated rings. The second-order valence-corrected chi connectivity index (χ2v) is 7.68. The van der Waals surface area contributed by atoms with Gasteiger partial charge in [0.15, 0.2) is 5.71 Å². The third-order valence-corrected chi connectivity index (χ3v) is 2.85. The summed E-state index contributed by atoms with van der Waals surface area (Å²) in [6.45, 7) is 12.1. The summed E-state index contributed by atoms with van der Waals surface area (Å²) in [5.74, 6) is -0.500. The average Bonchev–Trinajstić information content (AvgIpc) is 2.26. The Morgan fingerprint density at radius 2 is 1.89 bits per heavy atom. The number of rotatable bonds is 6. The first-order valence-corrected chi connectivity index (χ1v) is 9.16. The Hall–Kier alpha value is -1.30. The van der Waals surface area contributed by atoms with Crippen LogP contribution in [0.2, 0.25) is 13.1 Å². The minimum absolute atomic E-state index is 0.159. The average molecular weight is 287 g/mol. The monoisotopic (exact) mass is 287 g/mol. The minimum atomic E-state index is -1.23. The summed E-state index contributed by atoms with van der Waals surface area (Å²) < 4.78 is 10.6. The highest BCUT2D eigenvalue weighted by Gasteiger charge is 2.29. The van der Waals surface area contributed by atoms with Gasteiger partial charge in [0, 0.05) is 5.57 Å². The zero-order valence-corrected chi connectivity index (χ0v) is 14.1. The van der Waals surface area contributed by atoms with Gasteiger partial charge in [0.1, 0.15) is 7.11 Å². The molecule has 0 aliphatic rings. The van der Waals surface area contributed by atoms with Gasteiger partial charge >= 0.3 is 5.97 Å². The predicted octanol–water partition coefficient (Wildman–Crippen LogP) is 2.48. The zero-order valence-electron chi connectivity index (χ0n) is 12.9. The number of ether oxygens (including phenoxy) is 1. The SMILES string of the molecule is CCOC(=O)C(=NOC)C(=CO[SiH](C)C)C(C)(C)C. The van der Waals surface area contributed by atoms with Crippen LogP contribution in [0, 0.1) is 5.41 Å². The molecule has 0 aromatic carbocycles. The van der Waals surface area contributed by atoms with Gasteiger partial charge in [-0.15, -0.1) is 0 Å². The van der Waals surface area contributed by atoms with Crippen molar-refractivity contribution in [1.82, 2.24) is 0 Å². The Morgan fingerprint density at radius 1 is 1.32 bits per heavy atom. The standard InChI is InChI=1S/C13H25NO4Si/c1-8-17-12(15)11(14-16-5)10(13(2,3)4)9-18-19(6)7/h9,19H,8H2,1-7H3. The molecule has 0 saturated heterocycles. The molecule has 0 saturated carbocycles. The number of carbonyl (C=O) groups is 1. The van der Waals surface area contributed by atoms with Crippen molar-refractivity contribution in [2.24, 2.45) is 10.6 Å². The lowest BCUT2D eigenvalue weighted by Crippen LogP contribution is -2.28. The molecular formula is C13H25NO4Si. The van der Waals surface area contributed by atoms with Crippen LogP contribution in [0.1, 0.15) is 27.7 Å². The van der Waals surface area contributed by atoms with E-state index in [9.17, 15) is 4.79 Å². The Morgan fingerprint density at radius 3 is 2.26 bits per heavy atom. The van der Waals surface area contributed by atoms with Gasteiger partial charge in [-0.2, -0.15) is 0 Å². The van der Waals surface area contributed by atoms with E-state index in [1.807, 2.05) is 33.9 Å². The summed E-state index contributed by atoms with van der Waals surface area (Å²) >= 11 is 0. The van der Waals surface area contributed by atoms with Crippen molar-refractivity contribution in [3.8, 4) is 0 Å². The highest BCUT2D eigenvalue weighted by atomic mass is 28.3. The molecule has 0 aromatic rings. The van der Waals surface area contributed by atoms with Crippen LogP contribution < -0.4 is 0 Å². The maximum atomic E-state index is 11.9. The van der Waals surface area contributed by atoms with Crippen molar-refractivity contribution in [3.63, 3.8) is 0 Å². The van der Waals surface area contributed by atoms with Gasteiger partial charge < -0.3 is 14.0 Å². The zero-order chi connectivity index (χ0) is 15.1. The van der Waals surface area contributed by atoms with Crippen molar-refractivity contribution in [2.45, 2.75) is 40.8 Å². The summed E-state index contributed by atoms with van der Waals surface area (Å²) in [4.78, 5) is 16.7. The van der Waals surface area contributed by atoms with E-state index in [1.165, 1.54) is 7.11 Å². The van der Waals surface area contributed by atoms with Crippen LogP contribution in [-0.4, -0.2) is 34.4 Å². The molecule has 19 heavy (non-hydrogen) atoms. The first-order chi connectivity index (χ1) is 8.73. The Balaban J connectivity index is 5.46. The third kappa shape index (κ3) is 6.42. The molecule has 0 rings (SSSR count). The Kier molecular flexibility index (Phi) is 7.44. The van der Waals surface area contributed by atoms with Gasteiger partial charge in [0.2, 0.25) is 9.04 Å². The second-order valence-electron chi connectivity index (χ2n) is 5.31. The molecule has 0 bridgehead atoms. The van der Waals surface area contributed by atoms with E-state index in [-0.39, 0.29) is 11.1 Å². The predicted molar refractivity (Wildman–Crippen MR) is 78.6 cm³/mol. The molecule has 0 amide bonds. The lowest BCUT2D eigenvalue weighted by molar-refractivity contribution is -0.135. The molecule has 6 heteroatoms. The van der Waals surface area contributed by atoms with E-state index in [2.05, 4.69) is 5.16 Å². The second kappa shape index (κ2) is 7.99. The molecule has 0 heterocycles. The van der Waals surface area contributed by atoms with Gasteiger partial charge in [-0.25, -0.2) is 4.79 Å². The number of oxime groups is 1. The molecule has 0 N–H and O–H groups in total. The van der Waals surface area contributed by atoms with E-state index in [0.717, 1.165) is 0 Å². The van der Waals surface area contributed by atoms with Gasteiger partial charge in [-0.3, -0.25) is 0 Å². The number of carbonyl (C=O) groups excluding carboxylic acids is 1. The largest absolute Gasteiger partial charge is 0.552 e.